The molecule has 0 unspecified atom stereocenters. The predicted octanol–water partition coefficient (Wildman–Crippen LogP) is 5.82. The second kappa shape index (κ2) is 8.88. The van der Waals surface area contributed by atoms with Gasteiger partial charge in [0, 0.05) is 6.42 Å². The van der Waals surface area contributed by atoms with Gasteiger partial charge >= 0.3 is 0 Å². The van der Waals surface area contributed by atoms with Crippen molar-refractivity contribution < 1.29 is 4.79 Å². The average molecular weight is 372 g/mol. The molecule has 0 radical (unpaired) electrons. The number of amides is 1. The van der Waals surface area contributed by atoms with E-state index >= 15 is 0 Å². The number of hydrogen-bond acceptors (Lipinski definition) is 1. The van der Waals surface area contributed by atoms with Crippen molar-refractivity contribution in [2.75, 3.05) is 0 Å². The van der Waals surface area contributed by atoms with Gasteiger partial charge in [-0.05, 0) is 34.1 Å². The number of carbonyl (C=O) groups excluding carboxylic acids is 1. The highest BCUT2D eigenvalue weighted by molar-refractivity contribution is 5.77. The molecule has 2 nitrogen and oxygen atoms in total. The van der Waals surface area contributed by atoms with Crippen LogP contribution in [0.25, 0.3) is 0 Å². The summed E-state index contributed by atoms with van der Waals surface area (Å²) in [6, 6.07) is 28.7. The van der Waals surface area contributed by atoms with Crippen molar-refractivity contribution in [3.63, 3.8) is 0 Å². The van der Waals surface area contributed by atoms with E-state index < -0.39 is 0 Å². The molecule has 0 bridgehead atoms. The molecule has 3 aromatic carbocycles. The van der Waals surface area contributed by atoms with Crippen LogP contribution in [0.3, 0.4) is 0 Å². The quantitative estimate of drug-likeness (QED) is 0.581. The van der Waals surface area contributed by atoms with Gasteiger partial charge in [0.1, 0.15) is 0 Å². The van der Waals surface area contributed by atoms with Crippen molar-refractivity contribution in [2.45, 2.75) is 45.1 Å². The smallest absolute Gasteiger partial charge is 0.221 e. The monoisotopic (exact) mass is 371 g/mol. The minimum absolute atomic E-state index is 0.0672. The Labute approximate surface area is 168 Å². The standard InChI is InChI=1S/C26H29NO/c1-26(2,3)23-17-14-20(15-18-23)16-19-24(28)27-25(21-10-6-4-7-11-21)22-12-8-5-9-13-22/h4-15,17-18,25H,16,19H2,1-3H3,(H,27,28). The van der Waals surface area contributed by atoms with Crippen LogP contribution in [-0.4, -0.2) is 5.91 Å². The van der Waals surface area contributed by atoms with Crippen molar-refractivity contribution in [3.05, 3.63) is 107 Å². The molecule has 144 valence electrons. The van der Waals surface area contributed by atoms with E-state index in [0.717, 1.165) is 17.5 Å². The summed E-state index contributed by atoms with van der Waals surface area (Å²) in [7, 11) is 0. The lowest BCUT2D eigenvalue weighted by atomic mass is 9.86. The molecule has 1 N–H and O–H groups in total. The van der Waals surface area contributed by atoms with Crippen molar-refractivity contribution in [1.29, 1.82) is 0 Å². The Hall–Kier alpha value is -2.87. The van der Waals surface area contributed by atoms with E-state index in [2.05, 4.69) is 74.6 Å². The first-order valence-corrected chi connectivity index (χ1v) is 9.92. The maximum atomic E-state index is 12.7. The summed E-state index contributed by atoms with van der Waals surface area (Å²) in [5.74, 6) is 0.0672. The van der Waals surface area contributed by atoms with Crippen molar-refractivity contribution >= 4 is 5.91 Å². The Morgan fingerprint density at radius 2 is 1.29 bits per heavy atom. The van der Waals surface area contributed by atoms with Gasteiger partial charge in [-0.2, -0.15) is 0 Å². The van der Waals surface area contributed by atoms with Gasteiger partial charge in [-0.15, -0.1) is 0 Å². The summed E-state index contributed by atoms with van der Waals surface area (Å²) < 4.78 is 0. The van der Waals surface area contributed by atoms with Crippen LogP contribution in [0.1, 0.15) is 55.5 Å². The summed E-state index contributed by atoms with van der Waals surface area (Å²) >= 11 is 0. The van der Waals surface area contributed by atoms with Crippen LogP contribution in [0.4, 0.5) is 0 Å². The van der Waals surface area contributed by atoms with Crippen LogP contribution in [0.5, 0.6) is 0 Å². The number of nitrogens with one attached hydrogen (secondary N) is 1. The normalized spacial score (nSPS) is 11.4. The Balaban J connectivity index is 1.66. The molecule has 0 saturated heterocycles. The third-order valence-electron chi connectivity index (χ3n) is 5.03. The highest BCUT2D eigenvalue weighted by Gasteiger charge is 2.17. The maximum Gasteiger partial charge on any atom is 0.221 e. The molecule has 0 fully saturated rings. The minimum Gasteiger partial charge on any atom is -0.345 e. The van der Waals surface area contributed by atoms with Crippen LogP contribution in [-0.2, 0) is 16.6 Å². The average Bonchev–Trinajstić information content (AvgIpc) is 2.71. The Morgan fingerprint density at radius 3 is 1.75 bits per heavy atom. The first-order chi connectivity index (χ1) is 13.4. The number of hydrogen-bond donors (Lipinski definition) is 1. The highest BCUT2D eigenvalue weighted by atomic mass is 16.1. The van der Waals surface area contributed by atoms with Gasteiger partial charge in [0.15, 0.2) is 0 Å². The molecule has 3 rings (SSSR count). The summed E-state index contributed by atoms with van der Waals surface area (Å²) in [6.07, 6.45) is 1.22. The minimum atomic E-state index is -0.127. The van der Waals surface area contributed by atoms with Crippen LogP contribution < -0.4 is 5.32 Å². The zero-order valence-electron chi connectivity index (χ0n) is 17.0. The van der Waals surface area contributed by atoms with E-state index in [-0.39, 0.29) is 17.4 Å². The largest absolute Gasteiger partial charge is 0.345 e. The SMILES string of the molecule is CC(C)(C)c1ccc(CCC(=O)NC(c2ccccc2)c2ccccc2)cc1. The van der Waals surface area contributed by atoms with Gasteiger partial charge in [-0.1, -0.05) is 106 Å². The number of carbonyl (C=O) groups is 1. The summed E-state index contributed by atoms with van der Waals surface area (Å²) in [6.45, 7) is 6.63. The molecule has 0 saturated carbocycles. The fourth-order valence-corrected chi connectivity index (χ4v) is 3.31. The van der Waals surface area contributed by atoms with Crippen LogP contribution >= 0.6 is 0 Å². The van der Waals surface area contributed by atoms with E-state index in [1.807, 2.05) is 36.4 Å². The van der Waals surface area contributed by atoms with Crippen LogP contribution in [0, 0.1) is 0 Å². The van der Waals surface area contributed by atoms with Crippen molar-refractivity contribution in [1.82, 2.24) is 5.32 Å². The molecule has 0 atom stereocenters. The third-order valence-corrected chi connectivity index (χ3v) is 5.03. The van der Waals surface area contributed by atoms with Crippen LogP contribution in [0.15, 0.2) is 84.9 Å². The fraction of sp³-hybridized carbons (Fsp3) is 0.269. The second-order valence-corrected chi connectivity index (χ2v) is 8.27. The van der Waals surface area contributed by atoms with E-state index in [4.69, 9.17) is 0 Å². The molecule has 0 aromatic heterocycles. The highest BCUT2D eigenvalue weighted by Crippen LogP contribution is 2.23. The molecule has 0 aliphatic heterocycles. The molecule has 0 aliphatic rings. The first-order valence-electron chi connectivity index (χ1n) is 9.92. The zero-order valence-corrected chi connectivity index (χ0v) is 17.0. The molecule has 3 aromatic rings. The van der Waals surface area contributed by atoms with E-state index in [9.17, 15) is 4.79 Å². The van der Waals surface area contributed by atoms with Crippen molar-refractivity contribution in [2.24, 2.45) is 0 Å². The summed E-state index contributed by atoms with van der Waals surface area (Å²) in [5, 5.41) is 3.22. The lowest BCUT2D eigenvalue weighted by molar-refractivity contribution is -0.121. The van der Waals surface area contributed by atoms with Crippen molar-refractivity contribution in [3.8, 4) is 0 Å². The Morgan fingerprint density at radius 1 is 0.786 bits per heavy atom. The molecule has 28 heavy (non-hydrogen) atoms. The van der Waals surface area contributed by atoms with Crippen LogP contribution in [0.2, 0.25) is 0 Å². The number of benzene rings is 3. The number of aryl methyl sites for hydroxylation is 1. The van der Waals surface area contributed by atoms with Gasteiger partial charge < -0.3 is 5.32 Å². The zero-order chi connectivity index (χ0) is 20.0. The van der Waals surface area contributed by atoms with Gasteiger partial charge in [-0.3, -0.25) is 4.79 Å². The molecular weight excluding hydrogens is 342 g/mol. The Kier molecular flexibility index (Phi) is 6.30. The van der Waals surface area contributed by atoms with E-state index in [0.29, 0.717) is 6.42 Å². The van der Waals surface area contributed by atoms with Gasteiger partial charge in [-0.25, -0.2) is 0 Å². The van der Waals surface area contributed by atoms with Gasteiger partial charge in [0.2, 0.25) is 5.91 Å². The predicted molar refractivity (Wildman–Crippen MR) is 116 cm³/mol. The maximum absolute atomic E-state index is 12.7. The molecular formula is C26H29NO. The van der Waals surface area contributed by atoms with E-state index in [1.165, 1.54) is 11.1 Å². The molecule has 1 amide bonds. The Bertz CT molecular complexity index is 838. The van der Waals surface area contributed by atoms with Gasteiger partial charge in [0.25, 0.3) is 0 Å². The summed E-state index contributed by atoms with van der Waals surface area (Å²) in [5.41, 5.74) is 4.84. The molecule has 0 aliphatic carbocycles. The number of rotatable bonds is 6. The fourth-order valence-electron chi connectivity index (χ4n) is 3.31. The lowest BCUT2D eigenvalue weighted by Crippen LogP contribution is -2.29. The molecule has 2 heteroatoms. The van der Waals surface area contributed by atoms with Gasteiger partial charge in [0.05, 0.1) is 6.04 Å². The lowest BCUT2D eigenvalue weighted by Gasteiger charge is -2.20. The van der Waals surface area contributed by atoms with E-state index in [1.54, 1.807) is 0 Å². The first kappa shape index (κ1) is 19.9. The molecule has 0 spiro atoms. The third kappa shape index (κ3) is 5.32. The second-order valence-electron chi connectivity index (χ2n) is 8.27. The topological polar surface area (TPSA) is 29.1 Å². The molecule has 0 heterocycles. The summed E-state index contributed by atoms with van der Waals surface area (Å²) in [4.78, 5) is 12.7.